The fourth-order valence-corrected chi connectivity index (χ4v) is 24.5. The summed E-state index contributed by atoms with van der Waals surface area (Å²) >= 11 is 6.79. The van der Waals surface area contributed by atoms with Crippen molar-refractivity contribution in [3.63, 3.8) is 0 Å². The highest BCUT2D eigenvalue weighted by atomic mass is 79.9. The summed E-state index contributed by atoms with van der Waals surface area (Å²) in [5.41, 5.74) is 7.93. The second-order valence-corrected chi connectivity index (χ2v) is 61.0. The largest absolute Gasteiger partial charge is 0.481 e. The van der Waals surface area contributed by atoms with Crippen LogP contribution in [0.15, 0.2) is 266 Å². The van der Waals surface area contributed by atoms with Crippen molar-refractivity contribution in [2.45, 2.75) is 161 Å². The molecule has 0 amide bonds. The molecule has 0 heterocycles. The molecule has 0 spiro atoms. The van der Waals surface area contributed by atoms with Gasteiger partial charge in [0, 0.05) is 15.6 Å². The van der Waals surface area contributed by atoms with Gasteiger partial charge in [-0.1, -0.05) is 341 Å². The number of carboxylic acid groups (broad SMARTS) is 3. The summed E-state index contributed by atoms with van der Waals surface area (Å²) in [6.07, 6.45) is 13.2. The molecule has 4 N–H and O–H groups in total. The van der Waals surface area contributed by atoms with Crippen LogP contribution < -0.4 is 31.1 Å². The number of aliphatic hydroxyl groups excluding tert-OH is 1. The van der Waals surface area contributed by atoms with Gasteiger partial charge >= 0.3 is 23.9 Å². The zero-order valence-corrected chi connectivity index (χ0v) is 75.1. The van der Waals surface area contributed by atoms with E-state index in [0.717, 1.165) is 63.1 Å². The van der Waals surface area contributed by atoms with Crippen LogP contribution in [0.25, 0.3) is 0 Å². The van der Waals surface area contributed by atoms with Crippen molar-refractivity contribution in [1.29, 1.82) is 0 Å². The number of hydrogen-bond donors (Lipinski definition) is 4. The van der Waals surface area contributed by atoms with Crippen LogP contribution in [0.5, 0.6) is 0 Å². The second-order valence-electron chi connectivity index (χ2n) is 30.6. The molecule has 106 heavy (non-hydrogen) atoms. The van der Waals surface area contributed by atoms with Gasteiger partial charge in [0.05, 0.1) is 79.5 Å². The van der Waals surface area contributed by atoms with E-state index < -0.39 is 66.4 Å². The van der Waals surface area contributed by atoms with E-state index in [1.165, 1.54) is 72.9 Å². The predicted molar refractivity (Wildman–Crippen MR) is 479 cm³/mol. The number of halogens is 2. The molecule has 568 valence electrons. The lowest BCUT2D eigenvalue weighted by Crippen LogP contribution is -2.41. The van der Waals surface area contributed by atoms with Crippen molar-refractivity contribution in [2.75, 3.05) is 13.7 Å². The van der Waals surface area contributed by atoms with Gasteiger partial charge in [0.2, 0.25) is 0 Å². The van der Waals surface area contributed by atoms with Gasteiger partial charge in [0.15, 0.2) is 0 Å². The lowest BCUT2D eigenvalue weighted by molar-refractivity contribution is -0.137. The zero-order chi connectivity index (χ0) is 79.9. The minimum Gasteiger partial charge on any atom is -0.481 e. The molecule has 0 fully saturated rings. The molecule has 17 heteroatoms. The van der Waals surface area contributed by atoms with E-state index >= 15 is 0 Å². The van der Waals surface area contributed by atoms with Crippen LogP contribution in [0.3, 0.4) is 0 Å². The fourth-order valence-electron chi connectivity index (χ4n) is 11.4. The van der Waals surface area contributed by atoms with Gasteiger partial charge in [-0.3, -0.25) is 9.59 Å². The first kappa shape index (κ1) is 94.6. The Labute approximate surface area is 659 Å². The van der Waals surface area contributed by atoms with Crippen LogP contribution in [0.2, 0.25) is 115 Å². The zero-order valence-electron chi connectivity index (χ0n) is 66.0. The third kappa shape index (κ3) is 36.0. The molecule has 0 atom stereocenters. The highest BCUT2D eigenvalue weighted by molar-refractivity contribution is 9.10. The standard InChI is InChI=1S/C20H26O2Si.2C13H18O2Si.C13H20OSi.C12H16O2Si.C11H15BrSi.C7H7Br/c1-16-6-8-17(9-7-16)5-4-14-23(2,3)19-12-10-18(11-13-19)15-20(21)22;1-5-10-16(3,4)12-8-6-11(7-9-12)13(14)15-2;1-4-9-16(2,3)12-7-5-11(6-8-12)10-13(14)15;1-4-11-15(2,3)13-7-5-12(6-8-13)9-10-14;1-4-9-15(2,3)11-7-5-10(6-8-11)12(13)14;1-4-9-13(2,3)11-7-5-10(12)6-8-11;1-6-2-4-7(8)5-3-6/h6-13H,4-5,14-15H2,1-3H3,(H,21,22);5-9H,1,10H2,2-4H3;4-8H,1,9-10H2,2-3H3,(H,14,15);4-8,14H,1,9-11H2,2-3H3;4-8H,1,9H2,2-3H3,(H,13,14);4-8H,1,9H2,2-3H3;2-5H,1H3. The number of aryl methyl sites for hydroxylation is 3. The van der Waals surface area contributed by atoms with E-state index in [9.17, 15) is 19.2 Å². The Bertz CT molecular complexity index is 3960. The number of benzene rings is 8. The summed E-state index contributed by atoms with van der Waals surface area (Å²) < 4.78 is 6.96. The highest BCUT2D eigenvalue weighted by Crippen LogP contribution is 2.20. The quantitative estimate of drug-likeness (QED) is 0.0213. The maximum Gasteiger partial charge on any atom is 0.337 e. The first-order chi connectivity index (χ1) is 49.7. The van der Waals surface area contributed by atoms with E-state index in [1.54, 1.807) is 12.1 Å². The number of carbonyl (C=O) groups is 4. The lowest BCUT2D eigenvalue weighted by atomic mass is 10.1. The summed E-state index contributed by atoms with van der Waals surface area (Å²) in [6, 6.07) is 72.1. The maximum absolute atomic E-state index is 11.3. The molecule has 0 saturated carbocycles. The molecular weight excluding hydrogens is 1540 g/mol. The van der Waals surface area contributed by atoms with Crippen LogP contribution in [0.1, 0.15) is 60.5 Å². The van der Waals surface area contributed by atoms with E-state index in [0.29, 0.717) is 11.1 Å². The Morgan fingerprint density at radius 3 is 0.877 bits per heavy atom. The smallest absolute Gasteiger partial charge is 0.337 e. The summed E-state index contributed by atoms with van der Waals surface area (Å²) in [5.74, 6) is -2.71. The number of allylic oxidation sites excluding steroid dienone is 5. The summed E-state index contributed by atoms with van der Waals surface area (Å²) in [7, 11) is -6.88. The number of aromatic carboxylic acids is 1. The number of carbonyl (C=O) groups excluding carboxylic acids is 1. The molecule has 0 saturated heterocycles. The highest BCUT2D eigenvalue weighted by Gasteiger charge is 2.26. The molecule has 0 aliphatic carbocycles. The first-order valence-corrected chi connectivity index (χ1v) is 57.0. The van der Waals surface area contributed by atoms with Crippen LogP contribution in [-0.4, -0.2) is 106 Å². The molecular formula is C89H120Br2O9Si6. The Kier molecular flexibility index (Phi) is 42.3. The minimum absolute atomic E-state index is 0.101. The fraction of sp³-hybridized carbons (Fsp3) is 0.303. The Morgan fingerprint density at radius 2 is 0.604 bits per heavy atom. The number of rotatable bonds is 28. The Morgan fingerprint density at radius 1 is 0.358 bits per heavy atom. The molecule has 0 unspecified atom stereocenters. The van der Waals surface area contributed by atoms with Crippen LogP contribution in [-0.2, 0) is 40.0 Å². The molecule has 0 aliphatic rings. The maximum atomic E-state index is 11.3. The SMILES string of the molecule is C=CC[Si](C)(C)c1ccc(Br)cc1.C=CC[Si](C)(C)c1ccc(C(=O)O)cc1.C=CC[Si](C)(C)c1ccc(C(=O)OC)cc1.C=CC[Si](C)(C)c1ccc(CC(=O)O)cc1.C=CC[Si](C)(C)c1ccc(CCO)cc1.Cc1ccc(Br)cc1.Cc1ccc(CCC[Si](C)(C)c2ccc(CC(=O)O)cc2)cc1. The van der Waals surface area contributed by atoms with E-state index in [1.807, 2.05) is 103 Å². The van der Waals surface area contributed by atoms with Gasteiger partial charge in [-0.05, 0) is 128 Å². The number of methoxy groups -OCH3 is 1. The van der Waals surface area contributed by atoms with E-state index in [-0.39, 0.29) is 25.4 Å². The van der Waals surface area contributed by atoms with Gasteiger partial charge in [-0.15, -0.1) is 32.9 Å². The first-order valence-electron chi connectivity index (χ1n) is 36.2. The number of hydrogen-bond acceptors (Lipinski definition) is 6. The summed E-state index contributed by atoms with van der Waals surface area (Å²) in [5, 5.41) is 43.5. The molecule has 0 aromatic heterocycles. The van der Waals surface area contributed by atoms with Gasteiger partial charge in [0.25, 0.3) is 0 Å². The van der Waals surface area contributed by atoms with Crippen molar-refractivity contribution in [1.82, 2.24) is 0 Å². The average molecular weight is 1660 g/mol. The molecule has 0 bridgehead atoms. The number of carboxylic acids is 3. The molecule has 9 nitrogen and oxygen atoms in total. The topological polar surface area (TPSA) is 158 Å². The summed E-state index contributed by atoms with van der Waals surface area (Å²) in [4.78, 5) is 43.3. The van der Waals surface area contributed by atoms with Crippen molar-refractivity contribution < 1.29 is 44.3 Å². The number of ether oxygens (including phenoxy) is 1. The van der Waals surface area contributed by atoms with Crippen molar-refractivity contribution in [3.8, 4) is 0 Å². The molecule has 8 aromatic carbocycles. The minimum atomic E-state index is -1.45. The molecule has 8 rings (SSSR count). The normalized spacial score (nSPS) is 11.1. The van der Waals surface area contributed by atoms with Crippen molar-refractivity contribution in [2.24, 2.45) is 0 Å². The average Bonchev–Trinajstić information content (AvgIpc) is 0.860. The van der Waals surface area contributed by atoms with Crippen LogP contribution >= 0.6 is 31.9 Å². The molecule has 0 radical (unpaired) electrons. The van der Waals surface area contributed by atoms with Crippen molar-refractivity contribution >= 4 is 135 Å². The molecule has 0 aliphatic heterocycles. The second kappa shape index (κ2) is 47.4. The van der Waals surface area contributed by atoms with Crippen molar-refractivity contribution in [3.05, 3.63) is 311 Å². The monoisotopic (exact) mass is 1660 g/mol. The Hall–Kier alpha value is -7.44. The molecule has 8 aromatic rings. The number of esters is 1. The van der Waals surface area contributed by atoms with Gasteiger partial charge in [-0.2, -0.15) is 0 Å². The van der Waals surface area contributed by atoms with E-state index in [2.05, 4.69) is 271 Å². The third-order valence-electron chi connectivity index (χ3n) is 18.6. The van der Waals surface area contributed by atoms with Gasteiger partial charge in [-0.25, -0.2) is 9.59 Å². The lowest BCUT2D eigenvalue weighted by Gasteiger charge is -2.23. The number of aliphatic hydroxyl groups is 1. The Balaban J connectivity index is 0.000000427. The van der Waals surface area contributed by atoms with E-state index in [4.69, 9.17) is 20.4 Å². The van der Waals surface area contributed by atoms with Gasteiger partial charge in [0.1, 0.15) is 0 Å². The third-order valence-corrected chi connectivity index (χ3v) is 39.2. The van der Waals surface area contributed by atoms with Crippen LogP contribution in [0, 0.1) is 13.8 Å². The van der Waals surface area contributed by atoms with Gasteiger partial charge < -0.3 is 25.2 Å². The predicted octanol–water partition coefficient (Wildman–Crippen LogP) is 20.3. The van der Waals surface area contributed by atoms with Crippen LogP contribution in [0.4, 0.5) is 0 Å². The number of aliphatic carboxylic acids is 2. The summed E-state index contributed by atoms with van der Waals surface area (Å²) in [6.45, 7) is 51.3.